The van der Waals surface area contributed by atoms with E-state index in [1.807, 2.05) is 116 Å². The summed E-state index contributed by atoms with van der Waals surface area (Å²) in [7, 11) is 0. The summed E-state index contributed by atoms with van der Waals surface area (Å²) >= 11 is 0. The number of pyridine rings is 1. The molecule has 2 heterocycles. The van der Waals surface area contributed by atoms with Gasteiger partial charge in [-0.05, 0) is 115 Å². The van der Waals surface area contributed by atoms with Crippen molar-refractivity contribution in [3.8, 4) is 78.6 Å². The van der Waals surface area contributed by atoms with Crippen LogP contribution < -0.4 is 0 Å². The molecule has 7 aromatic carbocycles. The fourth-order valence-corrected chi connectivity index (χ4v) is 8.94. The number of fused-ring (bicyclic) bond motifs is 1. The number of phenols is 1. The third-order valence-electron chi connectivity index (χ3n) is 12.9. The molecule has 5 heteroatoms. The molecule has 0 bridgehead atoms. The second-order valence-electron chi connectivity index (χ2n) is 21.3. The molecule has 0 saturated heterocycles. The number of para-hydroxylation sites is 1. The van der Waals surface area contributed by atoms with E-state index in [1.54, 1.807) is 54.7 Å². The average molecular weight is 1110 g/mol. The van der Waals surface area contributed by atoms with Crippen molar-refractivity contribution in [3.05, 3.63) is 192 Å². The number of hydrogen-bond donors (Lipinski definition) is 1. The Hall–Kier alpha value is -6.35. The van der Waals surface area contributed by atoms with Crippen molar-refractivity contribution in [2.75, 3.05) is 0 Å². The smallest absolute Gasteiger partial charge is 0.148 e. The Kier molecular flexibility index (Phi) is 9.80. The molecule has 0 spiro atoms. The molecule has 0 atom stereocenters. The fourth-order valence-electron chi connectivity index (χ4n) is 8.94. The number of benzene rings is 7. The van der Waals surface area contributed by atoms with E-state index >= 15 is 0 Å². The summed E-state index contributed by atoms with van der Waals surface area (Å²) in [6, 6.07) is 49.4. The van der Waals surface area contributed by atoms with Crippen LogP contribution in [-0.4, -0.2) is 19.6 Å². The van der Waals surface area contributed by atoms with Crippen LogP contribution in [0.2, 0.25) is 0 Å². The van der Waals surface area contributed by atoms with E-state index in [0.717, 1.165) is 22.3 Å². The standard InChI is InChI=1S/C65H66N3O.Pt/c1-41-31-44(42-21-16-14-17-22-42)27-28-57(41)68-58-26-20-25-53(59(58)67-61(68)54-39-52(64(8,9)10)40-55(60(54)69)65(11,12)13)48-33-49(37-51(36-48)63(5,6)7)56-38-45(29-30-66-56)47-32-46(43-23-18-15-19-24-43)34-50(35-47)62(2,3)4;/h14-32,34-40,69H,1-13H3;/q-1;/i1D3,2D3,3D3,4D3;. The van der Waals surface area contributed by atoms with Crippen LogP contribution in [0.4, 0.5) is 0 Å². The van der Waals surface area contributed by atoms with E-state index in [4.69, 9.17) is 26.4 Å². The van der Waals surface area contributed by atoms with Gasteiger partial charge in [-0.15, -0.1) is 29.3 Å². The average Bonchev–Trinajstić information content (AvgIpc) is 1.45. The summed E-state index contributed by atoms with van der Waals surface area (Å²) in [5.74, 6) is 0.365. The molecule has 0 aliphatic carbocycles. The van der Waals surface area contributed by atoms with Gasteiger partial charge < -0.3 is 5.11 Å². The van der Waals surface area contributed by atoms with Crippen LogP contribution in [0.25, 0.3) is 83.9 Å². The number of aromatic nitrogens is 3. The molecule has 0 unspecified atom stereocenters. The third kappa shape index (κ3) is 9.99. The number of aryl methyl sites for hydroxylation is 1. The van der Waals surface area contributed by atoms with Crippen molar-refractivity contribution in [1.29, 1.82) is 0 Å². The van der Waals surface area contributed by atoms with E-state index in [9.17, 15) is 5.11 Å². The zero-order valence-corrected chi connectivity index (χ0v) is 43.4. The van der Waals surface area contributed by atoms with E-state index in [2.05, 4.69) is 47.6 Å². The van der Waals surface area contributed by atoms with Gasteiger partial charge in [0.05, 0.1) is 22.3 Å². The summed E-state index contributed by atoms with van der Waals surface area (Å²) in [5, 5.41) is 12.5. The first-order valence-corrected chi connectivity index (χ1v) is 23.4. The summed E-state index contributed by atoms with van der Waals surface area (Å²) < 4.78 is 106. The molecular weight excluding hydrogens is 1030 g/mol. The van der Waals surface area contributed by atoms with Crippen LogP contribution in [0.1, 0.15) is 127 Å². The van der Waals surface area contributed by atoms with Gasteiger partial charge in [-0.1, -0.05) is 197 Å². The molecule has 2 aromatic heterocycles. The number of rotatable bonds is 7. The number of hydrogen-bond acceptors (Lipinski definition) is 3. The van der Waals surface area contributed by atoms with Crippen molar-refractivity contribution in [1.82, 2.24) is 14.5 Å². The van der Waals surface area contributed by atoms with Gasteiger partial charge >= 0.3 is 0 Å². The number of imidazole rings is 1. The molecule has 0 radical (unpaired) electrons. The van der Waals surface area contributed by atoms with E-state index < -0.39 is 43.7 Å². The van der Waals surface area contributed by atoms with Gasteiger partial charge in [-0.2, -0.15) is 0 Å². The maximum absolute atomic E-state index is 12.5. The topological polar surface area (TPSA) is 50.9 Å². The molecule has 0 fully saturated rings. The summed E-state index contributed by atoms with van der Waals surface area (Å²) in [4.78, 5) is 10.3. The van der Waals surface area contributed by atoms with Gasteiger partial charge in [0.2, 0.25) is 0 Å². The number of phenolic OH excluding ortho intramolecular Hbond substituents is 1. The van der Waals surface area contributed by atoms with Gasteiger partial charge in [0.1, 0.15) is 11.6 Å². The van der Waals surface area contributed by atoms with E-state index in [0.29, 0.717) is 78.3 Å². The maximum Gasteiger partial charge on any atom is 0.148 e. The Morgan fingerprint density at radius 1 is 0.514 bits per heavy atom. The van der Waals surface area contributed by atoms with Crippen molar-refractivity contribution in [2.24, 2.45) is 0 Å². The minimum Gasteiger partial charge on any atom is -0.507 e. The number of aromatic hydroxyl groups is 1. The Labute approximate surface area is 448 Å². The van der Waals surface area contributed by atoms with E-state index in [1.165, 1.54) is 12.1 Å². The van der Waals surface area contributed by atoms with Gasteiger partial charge in [-0.3, -0.25) is 9.55 Å². The van der Waals surface area contributed by atoms with Crippen LogP contribution in [0.3, 0.4) is 0 Å². The molecular formula is C65H66N3OPt-. The molecule has 0 amide bonds. The van der Waals surface area contributed by atoms with Crippen LogP contribution in [0.5, 0.6) is 5.75 Å². The van der Waals surface area contributed by atoms with Crippen LogP contribution in [-0.2, 0) is 42.7 Å². The molecule has 1 N–H and O–H groups in total. The number of nitrogens with zero attached hydrogens (tertiary/aromatic N) is 3. The van der Waals surface area contributed by atoms with Gasteiger partial charge in [-0.25, -0.2) is 4.98 Å². The molecule has 70 heavy (non-hydrogen) atoms. The van der Waals surface area contributed by atoms with Crippen LogP contribution >= 0.6 is 0 Å². The first kappa shape index (κ1) is 36.6. The monoisotopic (exact) mass is 1110 g/mol. The molecule has 0 saturated carbocycles. The maximum atomic E-state index is 12.5. The first-order valence-electron chi connectivity index (χ1n) is 29.4. The van der Waals surface area contributed by atoms with Crippen molar-refractivity contribution in [2.45, 2.75) is 111 Å². The van der Waals surface area contributed by atoms with E-state index in [-0.39, 0.29) is 43.4 Å². The SMILES string of the molecule is [2H]C([2H])([2H])c1cc(-c2ccccc2)ccc1-n1c(-c2cc(C(C)(C)C)cc(C(C)(C)C)c2O)nc2c(-c3[c-]c(-c4cc(-c5cc(-c6ccccc6)cc(C(C([2H])([2H])[2H])(C([2H])([2H])[2H])C([2H])([2H])[2H])c5)ccn4)cc(C(C)(C)C)c3)cccc21.[Pt]. The Morgan fingerprint density at radius 3 is 1.74 bits per heavy atom. The predicted molar refractivity (Wildman–Crippen MR) is 292 cm³/mol. The fraction of sp³-hybridized carbons (Fsp3) is 0.262. The predicted octanol–water partition coefficient (Wildman–Crippen LogP) is 17.4. The minimum atomic E-state index is -3.49. The van der Waals surface area contributed by atoms with Crippen LogP contribution in [0, 0.1) is 12.9 Å². The van der Waals surface area contributed by atoms with Gasteiger partial charge in [0.25, 0.3) is 0 Å². The second kappa shape index (κ2) is 18.8. The molecule has 9 aromatic rings. The zero-order chi connectivity index (χ0) is 59.2. The third-order valence-corrected chi connectivity index (χ3v) is 12.9. The minimum absolute atomic E-state index is 0. The molecule has 0 aliphatic heterocycles. The Bertz CT molecular complexity index is 3800. The first-order chi connectivity index (χ1) is 37.5. The Morgan fingerprint density at radius 2 is 1.11 bits per heavy atom. The molecule has 9 rings (SSSR count). The quantitative estimate of drug-likeness (QED) is 0.162. The zero-order valence-electron chi connectivity index (χ0n) is 53.1. The van der Waals surface area contributed by atoms with Gasteiger partial charge in [0, 0.05) is 55.0 Å². The summed E-state index contributed by atoms with van der Waals surface area (Å²) in [5.41, 5.74) is 5.42. The summed E-state index contributed by atoms with van der Waals surface area (Å²) in [6.07, 6.45) is 1.59. The summed E-state index contributed by atoms with van der Waals surface area (Å²) in [6.45, 7) is 5.65. The van der Waals surface area contributed by atoms with Crippen molar-refractivity contribution >= 4 is 11.0 Å². The van der Waals surface area contributed by atoms with Gasteiger partial charge in [0.15, 0.2) is 0 Å². The molecule has 0 aliphatic rings. The van der Waals surface area contributed by atoms with Crippen molar-refractivity contribution in [3.63, 3.8) is 0 Å². The second-order valence-corrected chi connectivity index (χ2v) is 21.3. The normalized spacial score (nSPS) is 15.6. The molecule has 4 nitrogen and oxygen atoms in total. The van der Waals surface area contributed by atoms with Crippen molar-refractivity contribution < 1.29 is 42.6 Å². The molecule has 358 valence electrons. The Balaban J connectivity index is 0.00000880. The van der Waals surface area contributed by atoms with Crippen LogP contribution in [0.15, 0.2) is 158 Å². The largest absolute Gasteiger partial charge is 0.507 e.